The first kappa shape index (κ1) is 24.2. The number of para-hydroxylation sites is 1. The summed E-state index contributed by atoms with van der Waals surface area (Å²) >= 11 is 0. The van der Waals surface area contributed by atoms with Crippen LogP contribution in [-0.4, -0.2) is 77.6 Å². The predicted molar refractivity (Wildman–Crippen MR) is 137 cm³/mol. The first-order chi connectivity index (χ1) is 17.6. The second-order valence-electron chi connectivity index (χ2n) is 9.46. The molecule has 1 spiro atoms. The van der Waals surface area contributed by atoms with Gasteiger partial charge in [-0.05, 0) is 48.2 Å². The number of nitrogens with zero attached hydrogens (tertiary/aromatic N) is 4. The summed E-state index contributed by atoms with van der Waals surface area (Å²) in [5.74, 6) is 0.593. The van der Waals surface area contributed by atoms with Crippen molar-refractivity contribution in [3.05, 3.63) is 71.9 Å². The Hall–Kier alpha value is -3.49. The molecule has 8 heteroatoms. The van der Waals surface area contributed by atoms with Gasteiger partial charge in [-0.3, -0.25) is 19.6 Å². The van der Waals surface area contributed by atoms with E-state index in [0.717, 1.165) is 36.1 Å². The number of carbonyl (C=O) groups excluding carboxylic acids is 2. The lowest BCUT2D eigenvalue weighted by molar-refractivity contribution is -0.136. The second-order valence-corrected chi connectivity index (χ2v) is 9.46. The topological polar surface area (TPSA) is 75.2 Å². The van der Waals surface area contributed by atoms with Gasteiger partial charge in [0, 0.05) is 44.9 Å². The van der Waals surface area contributed by atoms with Gasteiger partial charge in [0.15, 0.2) is 0 Å². The van der Waals surface area contributed by atoms with Crippen molar-refractivity contribution in [3.63, 3.8) is 0 Å². The Morgan fingerprint density at radius 3 is 2.56 bits per heavy atom. The van der Waals surface area contributed by atoms with E-state index in [-0.39, 0.29) is 18.5 Å². The Morgan fingerprint density at radius 1 is 0.972 bits per heavy atom. The van der Waals surface area contributed by atoms with Gasteiger partial charge in [-0.25, -0.2) is 4.79 Å². The van der Waals surface area contributed by atoms with E-state index in [1.165, 1.54) is 10.5 Å². The lowest BCUT2D eigenvalue weighted by atomic mass is 9.85. The van der Waals surface area contributed by atoms with Crippen LogP contribution in [0.5, 0.6) is 5.75 Å². The molecule has 0 bridgehead atoms. The average Bonchev–Trinajstić information content (AvgIpc) is 3.10. The summed E-state index contributed by atoms with van der Waals surface area (Å²) in [6, 6.07) is 17.5. The van der Waals surface area contributed by atoms with Crippen LogP contribution in [0.4, 0.5) is 4.79 Å². The fourth-order valence-electron chi connectivity index (χ4n) is 5.47. The molecule has 0 unspecified atom stereocenters. The Labute approximate surface area is 211 Å². The van der Waals surface area contributed by atoms with E-state index in [1.54, 1.807) is 19.1 Å². The smallest absolute Gasteiger partial charge is 0.328 e. The highest BCUT2D eigenvalue weighted by atomic mass is 16.5. The number of pyridine rings is 1. The highest BCUT2D eigenvalue weighted by Gasteiger charge is 2.57. The Bertz CT molecular complexity index is 1250. The normalized spacial score (nSPS) is 17.9. The largest absolute Gasteiger partial charge is 0.497 e. The van der Waals surface area contributed by atoms with Crippen LogP contribution < -0.4 is 4.74 Å². The van der Waals surface area contributed by atoms with Crippen molar-refractivity contribution < 1.29 is 19.1 Å². The van der Waals surface area contributed by atoms with Crippen LogP contribution in [0.3, 0.4) is 0 Å². The molecule has 0 atom stereocenters. The van der Waals surface area contributed by atoms with Crippen molar-refractivity contribution in [2.45, 2.75) is 31.5 Å². The van der Waals surface area contributed by atoms with E-state index in [0.29, 0.717) is 31.7 Å². The molecule has 2 fully saturated rings. The summed E-state index contributed by atoms with van der Waals surface area (Å²) in [7, 11) is 3.22. The van der Waals surface area contributed by atoms with Gasteiger partial charge in [-0.1, -0.05) is 30.3 Å². The number of imide groups is 1. The predicted octanol–water partition coefficient (Wildman–Crippen LogP) is 3.69. The number of carbonyl (C=O) groups is 2. The number of hydrogen-bond acceptors (Lipinski definition) is 6. The number of piperidine rings is 1. The highest BCUT2D eigenvalue weighted by molar-refractivity contribution is 6.07. The van der Waals surface area contributed by atoms with Crippen LogP contribution in [-0.2, 0) is 22.6 Å². The number of urea groups is 1. The van der Waals surface area contributed by atoms with E-state index < -0.39 is 5.54 Å². The summed E-state index contributed by atoms with van der Waals surface area (Å²) in [5.41, 5.74) is 2.24. The SMILES string of the molecule is COCCN1C(=O)N(Cc2cccc(OC)c2)C(=O)C12CCN(Cc1ccnc3ccccc13)CC2. The third kappa shape index (κ3) is 4.42. The standard InChI is InChI=1S/C28H32N4O4/c1-35-17-16-32-27(34)31(19-21-6-5-7-23(18-21)36-2)26(33)28(32)11-14-30(15-12-28)20-22-10-13-29-25-9-4-3-8-24(22)25/h3-10,13,18H,11-12,14-17,19-20H2,1-2H3. The first-order valence-corrected chi connectivity index (χ1v) is 12.4. The zero-order chi connectivity index (χ0) is 25.1. The number of amides is 3. The maximum absolute atomic E-state index is 13.8. The molecular formula is C28H32N4O4. The van der Waals surface area contributed by atoms with Crippen LogP contribution >= 0.6 is 0 Å². The molecule has 1 aromatic heterocycles. The number of fused-ring (bicyclic) bond motifs is 1. The van der Waals surface area contributed by atoms with Crippen molar-refractivity contribution in [3.8, 4) is 5.75 Å². The van der Waals surface area contributed by atoms with Gasteiger partial charge in [0.05, 0.1) is 25.8 Å². The molecule has 2 aliphatic rings. The van der Waals surface area contributed by atoms with Crippen molar-refractivity contribution >= 4 is 22.8 Å². The molecule has 0 saturated carbocycles. The van der Waals surface area contributed by atoms with Gasteiger partial charge in [0.2, 0.25) is 0 Å². The summed E-state index contributed by atoms with van der Waals surface area (Å²) in [5, 5.41) is 1.15. The van der Waals surface area contributed by atoms with E-state index in [2.05, 4.69) is 22.0 Å². The van der Waals surface area contributed by atoms with Gasteiger partial charge in [-0.2, -0.15) is 0 Å². The minimum atomic E-state index is -0.828. The number of aromatic nitrogens is 1. The van der Waals surface area contributed by atoms with Gasteiger partial charge in [0.25, 0.3) is 5.91 Å². The molecule has 188 valence electrons. The van der Waals surface area contributed by atoms with E-state index in [4.69, 9.17) is 9.47 Å². The molecular weight excluding hydrogens is 456 g/mol. The first-order valence-electron chi connectivity index (χ1n) is 12.4. The molecule has 8 nitrogen and oxygen atoms in total. The van der Waals surface area contributed by atoms with Crippen molar-refractivity contribution in [1.29, 1.82) is 0 Å². The maximum atomic E-state index is 13.8. The van der Waals surface area contributed by atoms with Crippen molar-refractivity contribution in [2.24, 2.45) is 0 Å². The monoisotopic (exact) mass is 488 g/mol. The average molecular weight is 489 g/mol. The Kier molecular flexibility index (Phi) is 6.89. The quantitative estimate of drug-likeness (QED) is 0.450. The summed E-state index contributed by atoms with van der Waals surface area (Å²) in [6.45, 7) is 3.25. The minimum absolute atomic E-state index is 0.111. The number of benzene rings is 2. The van der Waals surface area contributed by atoms with Gasteiger partial charge in [0.1, 0.15) is 11.3 Å². The van der Waals surface area contributed by atoms with Crippen LogP contribution in [0.25, 0.3) is 10.9 Å². The van der Waals surface area contributed by atoms with Crippen LogP contribution in [0, 0.1) is 0 Å². The number of likely N-dealkylation sites (tertiary alicyclic amines) is 1. The van der Waals surface area contributed by atoms with Crippen LogP contribution in [0.1, 0.15) is 24.0 Å². The number of methoxy groups -OCH3 is 2. The summed E-state index contributed by atoms with van der Waals surface area (Å²) in [6.07, 6.45) is 3.04. The Balaban J connectivity index is 1.34. The molecule has 0 radical (unpaired) electrons. The molecule has 5 rings (SSSR count). The summed E-state index contributed by atoms with van der Waals surface area (Å²) < 4.78 is 10.6. The van der Waals surface area contributed by atoms with E-state index in [1.807, 2.05) is 48.7 Å². The Morgan fingerprint density at radius 2 is 1.78 bits per heavy atom. The minimum Gasteiger partial charge on any atom is -0.497 e. The fourth-order valence-corrected chi connectivity index (χ4v) is 5.47. The molecule has 3 amide bonds. The van der Waals surface area contributed by atoms with Crippen molar-refractivity contribution in [1.82, 2.24) is 19.7 Å². The van der Waals surface area contributed by atoms with Crippen molar-refractivity contribution in [2.75, 3.05) is 40.5 Å². The number of ether oxygens (including phenoxy) is 2. The van der Waals surface area contributed by atoms with Gasteiger partial charge >= 0.3 is 6.03 Å². The van der Waals surface area contributed by atoms with E-state index in [9.17, 15) is 9.59 Å². The fraction of sp³-hybridized carbons (Fsp3) is 0.393. The molecule has 0 N–H and O–H groups in total. The third-order valence-corrected chi connectivity index (χ3v) is 7.43. The molecule has 2 saturated heterocycles. The molecule has 36 heavy (non-hydrogen) atoms. The third-order valence-electron chi connectivity index (χ3n) is 7.43. The lowest BCUT2D eigenvalue weighted by Crippen LogP contribution is -2.57. The lowest BCUT2D eigenvalue weighted by Gasteiger charge is -2.42. The molecule has 0 aliphatic carbocycles. The maximum Gasteiger partial charge on any atom is 0.328 e. The van der Waals surface area contributed by atoms with Gasteiger partial charge in [-0.15, -0.1) is 0 Å². The molecule has 3 aromatic rings. The van der Waals surface area contributed by atoms with Gasteiger partial charge < -0.3 is 14.4 Å². The van der Waals surface area contributed by atoms with Crippen LogP contribution in [0.15, 0.2) is 60.8 Å². The second kappa shape index (κ2) is 10.2. The number of hydrogen-bond donors (Lipinski definition) is 0. The zero-order valence-electron chi connectivity index (χ0n) is 20.9. The summed E-state index contributed by atoms with van der Waals surface area (Å²) in [4.78, 5) is 37.3. The highest BCUT2D eigenvalue weighted by Crippen LogP contribution is 2.38. The molecule has 2 aliphatic heterocycles. The molecule has 3 heterocycles. The van der Waals surface area contributed by atoms with Crippen LogP contribution in [0.2, 0.25) is 0 Å². The van der Waals surface area contributed by atoms with E-state index >= 15 is 0 Å². The number of rotatable bonds is 8. The molecule has 2 aromatic carbocycles. The zero-order valence-corrected chi connectivity index (χ0v) is 20.9.